The largest absolute Gasteiger partial charge is 0.289 e. The van der Waals surface area contributed by atoms with Crippen molar-refractivity contribution < 1.29 is 9.18 Å². The van der Waals surface area contributed by atoms with Crippen LogP contribution in [0.2, 0.25) is 0 Å². The topological polar surface area (TPSA) is 53.8 Å². The smallest absolute Gasteiger partial charge is 0.185 e. The maximum Gasteiger partial charge on any atom is 0.185 e. The van der Waals surface area contributed by atoms with E-state index in [-0.39, 0.29) is 11.6 Å². The lowest BCUT2D eigenvalue weighted by atomic mass is 10.1. The van der Waals surface area contributed by atoms with Crippen molar-refractivity contribution in [2.24, 2.45) is 0 Å². The van der Waals surface area contributed by atoms with Gasteiger partial charge in [-0.2, -0.15) is 5.26 Å². The molecular formula is C19H11FN2OS. The van der Waals surface area contributed by atoms with Gasteiger partial charge < -0.3 is 0 Å². The van der Waals surface area contributed by atoms with Gasteiger partial charge in [-0.05, 0) is 48.6 Å². The summed E-state index contributed by atoms with van der Waals surface area (Å²) in [5.41, 5.74) is 2.39. The fraction of sp³-hybridized carbons (Fsp3) is 0. The first-order valence-corrected chi connectivity index (χ1v) is 7.98. The molecule has 0 aliphatic rings. The van der Waals surface area contributed by atoms with Gasteiger partial charge in [0.15, 0.2) is 5.78 Å². The molecule has 0 amide bonds. The highest BCUT2D eigenvalue weighted by Gasteiger charge is 2.05. The Labute approximate surface area is 142 Å². The number of thiazole rings is 1. The zero-order chi connectivity index (χ0) is 16.9. The standard InChI is InChI=1S/C19H11FN2OS/c20-16-6-4-14(5-7-16)19-22-17(12-24-19)8-9-18(23)15-3-1-2-13(10-15)11-21/h1-10,12H/b9-8+. The molecule has 0 atom stereocenters. The third kappa shape index (κ3) is 3.62. The fourth-order valence-corrected chi connectivity index (χ4v) is 2.88. The molecule has 1 heterocycles. The number of hydrogen-bond acceptors (Lipinski definition) is 4. The van der Waals surface area contributed by atoms with E-state index in [1.165, 1.54) is 29.5 Å². The molecule has 0 saturated carbocycles. The Balaban J connectivity index is 1.76. The van der Waals surface area contributed by atoms with Gasteiger partial charge in [0.1, 0.15) is 10.8 Å². The van der Waals surface area contributed by atoms with Crippen LogP contribution < -0.4 is 0 Å². The Kier molecular flexibility index (Phi) is 4.59. The first-order valence-electron chi connectivity index (χ1n) is 7.10. The molecule has 3 rings (SSSR count). The molecule has 3 aromatic rings. The van der Waals surface area contributed by atoms with Gasteiger partial charge in [-0.3, -0.25) is 4.79 Å². The zero-order valence-corrected chi connectivity index (χ0v) is 13.3. The molecule has 0 spiro atoms. The molecule has 3 nitrogen and oxygen atoms in total. The van der Waals surface area contributed by atoms with Crippen LogP contribution in [0.3, 0.4) is 0 Å². The number of nitriles is 1. The van der Waals surface area contributed by atoms with Crippen LogP contribution >= 0.6 is 11.3 Å². The van der Waals surface area contributed by atoms with Gasteiger partial charge in [0.2, 0.25) is 0 Å². The van der Waals surface area contributed by atoms with Crippen LogP contribution in [0.15, 0.2) is 60.0 Å². The molecule has 0 aliphatic carbocycles. The summed E-state index contributed by atoms with van der Waals surface area (Å²) in [6.07, 6.45) is 3.06. The summed E-state index contributed by atoms with van der Waals surface area (Å²) in [5, 5.41) is 11.5. The molecule has 0 bridgehead atoms. The molecule has 0 aliphatic heterocycles. The van der Waals surface area contributed by atoms with E-state index < -0.39 is 0 Å². The van der Waals surface area contributed by atoms with Crippen molar-refractivity contribution in [3.05, 3.63) is 82.6 Å². The summed E-state index contributed by atoms with van der Waals surface area (Å²) in [7, 11) is 0. The lowest BCUT2D eigenvalue weighted by Gasteiger charge is -1.96. The van der Waals surface area contributed by atoms with Crippen LogP contribution in [0.5, 0.6) is 0 Å². The minimum absolute atomic E-state index is 0.191. The van der Waals surface area contributed by atoms with E-state index in [2.05, 4.69) is 4.98 Å². The minimum atomic E-state index is -0.291. The second-order valence-electron chi connectivity index (χ2n) is 4.97. The van der Waals surface area contributed by atoms with E-state index >= 15 is 0 Å². The third-order valence-corrected chi connectivity index (χ3v) is 4.20. The number of nitrogens with zero attached hydrogens (tertiary/aromatic N) is 2. The molecule has 1 aromatic heterocycles. The third-order valence-electron chi connectivity index (χ3n) is 3.29. The van der Waals surface area contributed by atoms with Gasteiger partial charge in [-0.1, -0.05) is 12.1 Å². The van der Waals surface area contributed by atoms with Crippen LogP contribution in [0.1, 0.15) is 21.6 Å². The molecule has 116 valence electrons. The van der Waals surface area contributed by atoms with E-state index in [4.69, 9.17) is 5.26 Å². The normalized spacial score (nSPS) is 10.7. The number of halogens is 1. The molecule has 0 saturated heterocycles. The Bertz CT molecular complexity index is 952. The Morgan fingerprint density at radius 3 is 2.75 bits per heavy atom. The lowest BCUT2D eigenvalue weighted by molar-refractivity contribution is 0.104. The van der Waals surface area contributed by atoms with Gasteiger partial charge in [0.25, 0.3) is 0 Å². The zero-order valence-electron chi connectivity index (χ0n) is 12.4. The summed E-state index contributed by atoms with van der Waals surface area (Å²) in [4.78, 5) is 16.6. The van der Waals surface area contributed by atoms with Gasteiger partial charge in [-0.25, -0.2) is 9.37 Å². The second kappa shape index (κ2) is 6.99. The number of ketones is 1. The second-order valence-corrected chi connectivity index (χ2v) is 5.83. The number of benzene rings is 2. The van der Waals surface area contributed by atoms with E-state index in [1.54, 1.807) is 42.5 Å². The van der Waals surface area contributed by atoms with Crippen LogP contribution in [0.4, 0.5) is 4.39 Å². The lowest BCUT2D eigenvalue weighted by Crippen LogP contribution is -1.94. The average molecular weight is 334 g/mol. The number of rotatable bonds is 4. The Hall–Kier alpha value is -3.10. The maximum absolute atomic E-state index is 12.9. The number of carbonyl (C=O) groups is 1. The van der Waals surface area contributed by atoms with E-state index in [0.29, 0.717) is 16.8 Å². The van der Waals surface area contributed by atoms with Crippen molar-refractivity contribution in [2.75, 3.05) is 0 Å². The van der Waals surface area contributed by atoms with Crippen molar-refractivity contribution in [3.63, 3.8) is 0 Å². The van der Waals surface area contributed by atoms with Crippen molar-refractivity contribution in [2.45, 2.75) is 0 Å². The Morgan fingerprint density at radius 2 is 2.00 bits per heavy atom. The number of aromatic nitrogens is 1. The SMILES string of the molecule is N#Cc1cccc(C(=O)/C=C/c2csc(-c3ccc(F)cc3)n2)c1. The average Bonchev–Trinajstić information content (AvgIpc) is 3.09. The highest BCUT2D eigenvalue weighted by atomic mass is 32.1. The highest BCUT2D eigenvalue weighted by molar-refractivity contribution is 7.13. The molecule has 0 N–H and O–H groups in total. The minimum Gasteiger partial charge on any atom is -0.289 e. The molecule has 2 aromatic carbocycles. The van der Waals surface area contributed by atoms with Gasteiger partial charge in [-0.15, -0.1) is 11.3 Å². The van der Waals surface area contributed by atoms with Crippen LogP contribution in [0, 0.1) is 17.1 Å². The van der Waals surface area contributed by atoms with Crippen molar-refractivity contribution >= 4 is 23.2 Å². The first kappa shape index (κ1) is 15.8. The fourth-order valence-electron chi connectivity index (χ4n) is 2.09. The van der Waals surface area contributed by atoms with Crippen LogP contribution in [0.25, 0.3) is 16.6 Å². The van der Waals surface area contributed by atoms with Gasteiger partial charge >= 0.3 is 0 Å². The highest BCUT2D eigenvalue weighted by Crippen LogP contribution is 2.24. The molecule has 0 fully saturated rings. The number of allylic oxidation sites excluding steroid dienone is 1. The summed E-state index contributed by atoms with van der Waals surface area (Å²) >= 11 is 1.42. The summed E-state index contributed by atoms with van der Waals surface area (Å²) in [6, 6.07) is 14.7. The van der Waals surface area contributed by atoms with Crippen molar-refractivity contribution in [3.8, 4) is 16.6 Å². The summed E-state index contributed by atoms with van der Waals surface area (Å²) in [5.74, 6) is -0.482. The first-order chi connectivity index (χ1) is 11.7. The van der Waals surface area contributed by atoms with Gasteiger partial charge in [0, 0.05) is 16.5 Å². The molecule has 0 unspecified atom stereocenters. The molecular weight excluding hydrogens is 323 g/mol. The molecule has 5 heteroatoms. The predicted molar refractivity (Wildman–Crippen MR) is 92.0 cm³/mol. The quantitative estimate of drug-likeness (QED) is 0.512. The van der Waals surface area contributed by atoms with Gasteiger partial charge in [0.05, 0.1) is 17.3 Å². The molecule has 24 heavy (non-hydrogen) atoms. The van der Waals surface area contributed by atoms with E-state index in [9.17, 15) is 9.18 Å². The monoisotopic (exact) mass is 334 g/mol. The van der Waals surface area contributed by atoms with Crippen molar-refractivity contribution in [1.29, 1.82) is 5.26 Å². The number of hydrogen-bond donors (Lipinski definition) is 0. The Morgan fingerprint density at radius 1 is 1.21 bits per heavy atom. The molecule has 0 radical (unpaired) electrons. The summed E-state index contributed by atoms with van der Waals surface area (Å²) < 4.78 is 12.9. The van der Waals surface area contributed by atoms with Crippen LogP contribution in [-0.4, -0.2) is 10.8 Å². The van der Waals surface area contributed by atoms with E-state index in [1.807, 2.05) is 11.4 Å². The van der Waals surface area contributed by atoms with E-state index in [0.717, 1.165) is 10.6 Å². The summed E-state index contributed by atoms with van der Waals surface area (Å²) in [6.45, 7) is 0. The predicted octanol–water partition coefficient (Wildman–Crippen LogP) is 4.72. The van der Waals surface area contributed by atoms with Crippen molar-refractivity contribution in [1.82, 2.24) is 4.98 Å². The number of carbonyl (C=O) groups excluding carboxylic acids is 1. The van der Waals surface area contributed by atoms with Crippen LogP contribution in [-0.2, 0) is 0 Å². The maximum atomic E-state index is 12.9.